The molecule has 0 saturated heterocycles. The van der Waals surface area contributed by atoms with Crippen LogP contribution in [0.4, 0.5) is 0 Å². The molecule has 0 aliphatic carbocycles. The minimum absolute atomic E-state index is 0.153. The molecule has 0 fully saturated rings. The van der Waals surface area contributed by atoms with Crippen molar-refractivity contribution >= 4 is 28.0 Å². The van der Waals surface area contributed by atoms with Crippen molar-refractivity contribution < 1.29 is 0 Å². The van der Waals surface area contributed by atoms with E-state index < -0.39 is 0 Å². The van der Waals surface area contributed by atoms with E-state index in [0.29, 0.717) is 0 Å². The number of benzene rings is 1. The van der Waals surface area contributed by atoms with E-state index in [-0.39, 0.29) is 5.54 Å². The number of nitrogens with zero attached hydrogens (tertiary/aromatic N) is 3. The number of hydrogen-bond acceptors (Lipinski definition) is 2. The first-order chi connectivity index (χ1) is 9.85. The van der Waals surface area contributed by atoms with Crippen LogP contribution >= 0.6 is 11.6 Å². The van der Waals surface area contributed by atoms with Crippen LogP contribution in [0.5, 0.6) is 0 Å². The summed E-state index contributed by atoms with van der Waals surface area (Å²) in [6.45, 7) is 8.26. The third kappa shape index (κ3) is 2.66. The summed E-state index contributed by atoms with van der Waals surface area (Å²) in [6.07, 6.45) is 1.92. The van der Waals surface area contributed by atoms with Gasteiger partial charge >= 0.3 is 0 Å². The molecule has 0 N–H and O–H groups in total. The van der Waals surface area contributed by atoms with Crippen LogP contribution in [0.3, 0.4) is 0 Å². The Labute approximate surface area is 128 Å². The molecule has 21 heavy (non-hydrogen) atoms. The van der Waals surface area contributed by atoms with Gasteiger partial charge in [0.1, 0.15) is 5.65 Å². The molecule has 0 unspecified atom stereocenters. The molecule has 1 aromatic carbocycles. The lowest BCUT2D eigenvalue weighted by atomic mass is 10.1. The van der Waals surface area contributed by atoms with E-state index >= 15 is 0 Å². The Bertz CT molecular complexity index is 901. The molecule has 0 atom stereocenters. The van der Waals surface area contributed by atoms with Gasteiger partial charge in [-0.2, -0.15) is 0 Å². The van der Waals surface area contributed by atoms with Gasteiger partial charge < -0.3 is 4.40 Å². The summed E-state index contributed by atoms with van der Waals surface area (Å²) >= 11 is 6.38. The van der Waals surface area contributed by atoms with Crippen LogP contribution in [0, 0.1) is 6.92 Å². The highest BCUT2D eigenvalue weighted by molar-refractivity contribution is 6.35. The van der Waals surface area contributed by atoms with Crippen molar-refractivity contribution in [2.45, 2.75) is 33.2 Å². The van der Waals surface area contributed by atoms with E-state index in [1.54, 1.807) is 0 Å². The number of pyridine rings is 1. The summed E-state index contributed by atoms with van der Waals surface area (Å²) in [7, 11) is 0. The average Bonchev–Trinajstić information content (AvgIpc) is 2.39. The highest BCUT2D eigenvalue weighted by Crippen LogP contribution is 2.26. The molecule has 0 aliphatic rings. The first-order valence-electron chi connectivity index (χ1n) is 6.98. The maximum absolute atomic E-state index is 6.38. The maximum atomic E-state index is 6.38. The maximum Gasteiger partial charge on any atom is 0.151 e. The van der Waals surface area contributed by atoms with Crippen LogP contribution in [-0.4, -0.2) is 14.9 Å². The van der Waals surface area contributed by atoms with Crippen molar-refractivity contribution in [1.29, 1.82) is 0 Å². The standard InChI is InChI=1S/C17H18ClN3/c1-11-9-15(20-17(2,3)4)19-16-13-8-6-5-7-12(13)14(18)10-21(11)16/h5-10H,1-4H3. The molecule has 3 nitrogen and oxygen atoms in total. The summed E-state index contributed by atoms with van der Waals surface area (Å²) in [4.78, 5) is 9.40. The third-order valence-electron chi connectivity index (χ3n) is 3.28. The van der Waals surface area contributed by atoms with Crippen molar-refractivity contribution in [3.05, 3.63) is 52.7 Å². The number of halogens is 1. The van der Waals surface area contributed by atoms with Gasteiger partial charge in [0, 0.05) is 28.7 Å². The highest BCUT2D eigenvalue weighted by Gasteiger charge is 2.10. The smallest absolute Gasteiger partial charge is 0.151 e. The summed E-state index contributed by atoms with van der Waals surface area (Å²) in [6, 6.07) is 10.0. The zero-order chi connectivity index (χ0) is 15.2. The number of rotatable bonds is 0. The van der Waals surface area contributed by atoms with E-state index in [2.05, 4.69) is 25.8 Å². The Kier molecular flexibility index (Phi) is 3.25. The second-order valence-electron chi connectivity index (χ2n) is 6.25. The molecule has 2 heterocycles. The number of hydrogen-bond donors (Lipinski definition) is 0. The lowest BCUT2D eigenvalue weighted by Crippen LogP contribution is -2.20. The lowest BCUT2D eigenvalue weighted by Gasteiger charge is -2.13. The molecule has 0 saturated carbocycles. The Morgan fingerprint density at radius 1 is 1.14 bits per heavy atom. The largest absolute Gasteiger partial charge is 0.304 e. The number of fused-ring (bicyclic) bond motifs is 3. The van der Waals surface area contributed by atoms with E-state index in [9.17, 15) is 0 Å². The molecular formula is C17H18ClN3. The third-order valence-corrected chi connectivity index (χ3v) is 3.59. The summed E-state index contributed by atoms with van der Waals surface area (Å²) < 4.78 is 2.02. The fourth-order valence-electron chi connectivity index (χ4n) is 2.44. The number of aryl methyl sites for hydroxylation is 1. The van der Waals surface area contributed by atoms with E-state index in [1.165, 1.54) is 0 Å². The molecule has 4 heteroatoms. The molecule has 0 bridgehead atoms. The second kappa shape index (κ2) is 4.85. The predicted molar refractivity (Wildman–Crippen MR) is 87.8 cm³/mol. The van der Waals surface area contributed by atoms with Crippen molar-refractivity contribution in [1.82, 2.24) is 9.38 Å². The van der Waals surface area contributed by atoms with Crippen LogP contribution in [0.1, 0.15) is 26.5 Å². The Balaban J connectivity index is 2.49. The summed E-state index contributed by atoms with van der Waals surface area (Å²) in [5.41, 5.74) is 2.56. The quantitative estimate of drug-likeness (QED) is 0.573. The Morgan fingerprint density at radius 2 is 1.81 bits per heavy atom. The van der Waals surface area contributed by atoms with Gasteiger partial charge in [0.2, 0.25) is 0 Å². The molecule has 3 aromatic rings. The predicted octanol–water partition coefficient (Wildman–Crippen LogP) is 4.15. The van der Waals surface area contributed by atoms with Crippen molar-refractivity contribution in [3.8, 4) is 0 Å². The summed E-state index contributed by atoms with van der Waals surface area (Å²) in [5.74, 6) is 0. The SMILES string of the molecule is Cc1cc(=NC(C)(C)C)nc2c3ccccc3c(Cl)cn12. The van der Waals surface area contributed by atoms with Crippen molar-refractivity contribution in [3.63, 3.8) is 0 Å². The van der Waals surface area contributed by atoms with Gasteiger partial charge in [-0.25, -0.2) is 4.98 Å². The van der Waals surface area contributed by atoms with E-state index in [1.807, 2.05) is 47.9 Å². The van der Waals surface area contributed by atoms with Gasteiger partial charge in [-0.15, -0.1) is 0 Å². The fourth-order valence-corrected chi connectivity index (χ4v) is 2.70. The Hall–Kier alpha value is -1.87. The molecular weight excluding hydrogens is 282 g/mol. The number of aromatic nitrogens is 2. The van der Waals surface area contributed by atoms with Gasteiger partial charge in [-0.3, -0.25) is 4.99 Å². The van der Waals surface area contributed by atoms with Gasteiger partial charge in [0.25, 0.3) is 0 Å². The molecule has 3 rings (SSSR count). The minimum atomic E-state index is -0.153. The van der Waals surface area contributed by atoms with Crippen molar-refractivity contribution in [2.75, 3.05) is 0 Å². The first-order valence-corrected chi connectivity index (χ1v) is 7.36. The zero-order valence-electron chi connectivity index (χ0n) is 12.7. The van der Waals surface area contributed by atoms with Crippen LogP contribution in [0.2, 0.25) is 5.02 Å². The molecule has 0 aliphatic heterocycles. The van der Waals surface area contributed by atoms with Crippen LogP contribution in [-0.2, 0) is 0 Å². The molecule has 0 spiro atoms. The second-order valence-corrected chi connectivity index (χ2v) is 6.66. The molecule has 108 valence electrons. The minimum Gasteiger partial charge on any atom is -0.304 e. The molecule has 0 amide bonds. The first kappa shape index (κ1) is 14.1. The van der Waals surface area contributed by atoms with Crippen LogP contribution in [0.15, 0.2) is 41.5 Å². The van der Waals surface area contributed by atoms with Crippen molar-refractivity contribution in [2.24, 2.45) is 4.99 Å². The lowest BCUT2D eigenvalue weighted by molar-refractivity contribution is 0.561. The van der Waals surface area contributed by atoms with Gasteiger partial charge in [-0.1, -0.05) is 35.9 Å². The monoisotopic (exact) mass is 299 g/mol. The molecule has 0 radical (unpaired) electrons. The van der Waals surface area contributed by atoms with Crippen LogP contribution < -0.4 is 5.49 Å². The van der Waals surface area contributed by atoms with Gasteiger partial charge in [0.15, 0.2) is 5.49 Å². The normalized spacial score (nSPS) is 13.3. The fraction of sp³-hybridized carbons (Fsp3) is 0.294. The average molecular weight is 300 g/mol. The summed E-state index contributed by atoms with van der Waals surface area (Å²) in [5, 5.41) is 2.78. The Morgan fingerprint density at radius 3 is 2.48 bits per heavy atom. The molecule has 2 aromatic heterocycles. The highest BCUT2D eigenvalue weighted by atomic mass is 35.5. The van der Waals surface area contributed by atoms with E-state index in [4.69, 9.17) is 16.6 Å². The zero-order valence-corrected chi connectivity index (χ0v) is 13.4. The van der Waals surface area contributed by atoms with Gasteiger partial charge in [-0.05, 0) is 27.7 Å². The van der Waals surface area contributed by atoms with Gasteiger partial charge in [0.05, 0.1) is 10.6 Å². The van der Waals surface area contributed by atoms with Crippen LogP contribution in [0.25, 0.3) is 16.4 Å². The topological polar surface area (TPSA) is 29.7 Å². The van der Waals surface area contributed by atoms with E-state index in [0.717, 1.165) is 32.6 Å².